The van der Waals surface area contributed by atoms with Gasteiger partial charge in [0, 0.05) is 13.1 Å². The van der Waals surface area contributed by atoms with E-state index in [1.54, 1.807) is 24.3 Å². The van der Waals surface area contributed by atoms with Crippen LogP contribution in [0.25, 0.3) is 0 Å². The van der Waals surface area contributed by atoms with Crippen LogP contribution in [0.1, 0.15) is 25.3 Å². The molecule has 1 aromatic carbocycles. The van der Waals surface area contributed by atoms with Gasteiger partial charge in [-0.15, -0.1) is 0 Å². The average molecular weight is 297 g/mol. The quantitative estimate of drug-likeness (QED) is 0.918. The molecule has 1 aromatic rings. The first-order chi connectivity index (χ1) is 9.45. The van der Waals surface area contributed by atoms with Crippen LogP contribution in [-0.4, -0.2) is 36.9 Å². The van der Waals surface area contributed by atoms with E-state index in [2.05, 4.69) is 0 Å². The van der Waals surface area contributed by atoms with Crippen LogP contribution in [0.5, 0.6) is 0 Å². The van der Waals surface area contributed by atoms with Gasteiger partial charge < -0.3 is 5.11 Å². The number of hydrogen-bond acceptors (Lipinski definition) is 3. The number of aliphatic carboxylic acids is 1. The van der Waals surface area contributed by atoms with Gasteiger partial charge in [-0.25, -0.2) is 8.42 Å². The zero-order chi connectivity index (χ0) is 14.8. The van der Waals surface area contributed by atoms with Crippen LogP contribution in [0.3, 0.4) is 0 Å². The van der Waals surface area contributed by atoms with Gasteiger partial charge in [-0.05, 0) is 37.0 Å². The molecule has 0 unspecified atom stereocenters. The maximum atomic E-state index is 12.5. The minimum Gasteiger partial charge on any atom is -0.481 e. The molecule has 0 radical (unpaired) electrons. The molecule has 1 saturated heterocycles. The Kier molecular flexibility index (Phi) is 4.45. The molecular formula is C14H19NO4S. The van der Waals surface area contributed by atoms with E-state index >= 15 is 0 Å². The molecular weight excluding hydrogens is 278 g/mol. The van der Waals surface area contributed by atoms with Gasteiger partial charge in [0.25, 0.3) is 0 Å². The summed E-state index contributed by atoms with van der Waals surface area (Å²) in [5, 5.41) is 9.04. The molecule has 5 nitrogen and oxygen atoms in total. The minimum atomic E-state index is -3.58. The van der Waals surface area contributed by atoms with E-state index in [1.165, 1.54) is 4.31 Å². The third kappa shape index (κ3) is 3.02. The van der Waals surface area contributed by atoms with Crippen molar-refractivity contribution in [2.24, 2.45) is 5.92 Å². The molecule has 2 rings (SSSR count). The van der Waals surface area contributed by atoms with Gasteiger partial charge in [0.1, 0.15) is 0 Å². The van der Waals surface area contributed by atoms with E-state index in [0.717, 1.165) is 12.0 Å². The van der Waals surface area contributed by atoms with E-state index < -0.39 is 21.9 Å². The lowest BCUT2D eigenvalue weighted by Crippen LogP contribution is -2.42. The van der Waals surface area contributed by atoms with Crippen molar-refractivity contribution in [2.75, 3.05) is 13.1 Å². The van der Waals surface area contributed by atoms with Crippen LogP contribution in [0.4, 0.5) is 0 Å². The van der Waals surface area contributed by atoms with E-state index in [4.69, 9.17) is 5.11 Å². The summed E-state index contributed by atoms with van der Waals surface area (Å²) in [6.45, 7) is 2.46. The van der Waals surface area contributed by atoms with E-state index in [0.29, 0.717) is 19.4 Å². The highest BCUT2D eigenvalue weighted by atomic mass is 32.2. The van der Waals surface area contributed by atoms with Gasteiger partial charge in [-0.3, -0.25) is 4.79 Å². The third-order valence-corrected chi connectivity index (χ3v) is 5.58. The maximum Gasteiger partial charge on any atom is 0.307 e. The number of benzene rings is 1. The molecule has 1 heterocycles. The van der Waals surface area contributed by atoms with Crippen molar-refractivity contribution in [3.8, 4) is 0 Å². The molecule has 110 valence electrons. The first-order valence-electron chi connectivity index (χ1n) is 6.77. The second-order valence-electron chi connectivity index (χ2n) is 5.04. The lowest BCUT2D eigenvalue weighted by atomic mass is 10.0. The molecule has 0 saturated carbocycles. The van der Waals surface area contributed by atoms with Crippen molar-refractivity contribution in [3.63, 3.8) is 0 Å². The Hall–Kier alpha value is -1.40. The molecule has 6 heteroatoms. The minimum absolute atomic E-state index is 0.0627. The summed E-state index contributed by atoms with van der Waals surface area (Å²) >= 11 is 0. The fourth-order valence-electron chi connectivity index (χ4n) is 2.41. The number of carboxylic acids is 1. The molecule has 0 bridgehead atoms. The van der Waals surface area contributed by atoms with Crippen molar-refractivity contribution in [3.05, 3.63) is 29.8 Å². The molecule has 0 aromatic heterocycles. The van der Waals surface area contributed by atoms with Crippen LogP contribution in [0.15, 0.2) is 29.2 Å². The van der Waals surface area contributed by atoms with Crippen molar-refractivity contribution >= 4 is 16.0 Å². The zero-order valence-electron chi connectivity index (χ0n) is 11.4. The standard InChI is InChI=1S/C14H19NO4S/c1-2-11-5-7-13(8-6-11)20(18,19)15-9-3-4-12(10-15)14(16)17/h5-8,12H,2-4,9-10H2,1H3,(H,16,17)/t12-/m0/s1. The smallest absolute Gasteiger partial charge is 0.307 e. The van der Waals surface area contributed by atoms with Crippen molar-refractivity contribution < 1.29 is 18.3 Å². The van der Waals surface area contributed by atoms with Crippen molar-refractivity contribution in [1.82, 2.24) is 4.31 Å². The summed E-state index contributed by atoms with van der Waals surface area (Å²) in [6.07, 6.45) is 1.98. The highest BCUT2D eigenvalue weighted by molar-refractivity contribution is 7.89. The number of piperidine rings is 1. The van der Waals surface area contributed by atoms with Gasteiger partial charge in [0.2, 0.25) is 10.0 Å². The lowest BCUT2D eigenvalue weighted by molar-refractivity contribution is -0.142. The molecule has 1 aliphatic heterocycles. The Morgan fingerprint density at radius 2 is 2.00 bits per heavy atom. The fraction of sp³-hybridized carbons (Fsp3) is 0.500. The third-order valence-electron chi connectivity index (χ3n) is 3.70. The number of carbonyl (C=O) groups is 1. The fourth-order valence-corrected chi connectivity index (χ4v) is 3.93. The van der Waals surface area contributed by atoms with E-state index in [1.807, 2.05) is 6.92 Å². The van der Waals surface area contributed by atoms with Crippen LogP contribution >= 0.6 is 0 Å². The number of carboxylic acid groups (broad SMARTS) is 1. The number of sulfonamides is 1. The Balaban J connectivity index is 2.22. The normalized spacial score (nSPS) is 20.8. The first kappa shape index (κ1) is 15.0. The molecule has 1 atom stereocenters. The van der Waals surface area contributed by atoms with Gasteiger partial charge in [0.05, 0.1) is 10.8 Å². The number of rotatable bonds is 4. The average Bonchev–Trinajstić information content (AvgIpc) is 2.47. The van der Waals surface area contributed by atoms with Crippen molar-refractivity contribution in [1.29, 1.82) is 0 Å². The lowest BCUT2D eigenvalue weighted by Gasteiger charge is -2.29. The monoisotopic (exact) mass is 297 g/mol. The van der Waals surface area contributed by atoms with Crippen molar-refractivity contribution in [2.45, 2.75) is 31.1 Å². The van der Waals surface area contributed by atoms with E-state index in [9.17, 15) is 13.2 Å². The van der Waals surface area contributed by atoms with Crippen LogP contribution in [-0.2, 0) is 21.2 Å². The number of nitrogens with zero attached hydrogens (tertiary/aromatic N) is 1. The molecule has 0 amide bonds. The molecule has 1 N–H and O–H groups in total. The van der Waals surface area contributed by atoms with Crippen LogP contribution < -0.4 is 0 Å². The molecule has 20 heavy (non-hydrogen) atoms. The number of aryl methyl sites for hydroxylation is 1. The summed E-state index contributed by atoms with van der Waals surface area (Å²) in [6, 6.07) is 6.79. The van der Waals surface area contributed by atoms with Crippen LogP contribution in [0, 0.1) is 5.92 Å². The highest BCUT2D eigenvalue weighted by Crippen LogP contribution is 2.24. The second-order valence-corrected chi connectivity index (χ2v) is 6.98. The Morgan fingerprint density at radius 1 is 1.35 bits per heavy atom. The second kappa shape index (κ2) is 5.93. The first-order valence-corrected chi connectivity index (χ1v) is 8.21. The van der Waals surface area contributed by atoms with E-state index in [-0.39, 0.29) is 11.4 Å². The summed E-state index contributed by atoms with van der Waals surface area (Å²) in [5.74, 6) is -1.53. The Bertz CT molecular complexity index is 580. The largest absolute Gasteiger partial charge is 0.481 e. The molecule has 1 fully saturated rings. The summed E-state index contributed by atoms with van der Waals surface area (Å²) in [4.78, 5) is 11.3. The SMILES string of the molecule is CCc1ccc(S(=O)(=O)N2CCC[C@H](C(=O)O)C2)cc1. The molecule has 1 aliphatic rings. The van der Waals surface area contributed by atoms with Gasteiger partial charge in [-0.2, -0.15) is 4.31 Å². The predicted molar refractivity (Wildman–Crippen MR) is 74.9 cm³/mol. The Morgan fingerprint density at radius 3 is 2.55 bits per heavy atom. The highest BCUT2D eigenvalue weighted by Gasteiger charge is 2.33. The molecule has 0 aliphatic carbocycles. The summed E-state index contributed by atoms with van der Waals surface area (Å²) in [5.41, 5.74) is 1.08. The summed E-state index contributed by atoms with van der Waals surface area (Å²) in [7, 11) is -3.58. The van der Waals surface area contributed by atoms with Gasteiger partial charge >= 0.3 is 5.97 Å². The maximum absolute atomic E-state index is 12.5. The predicted octanol–water partition coefficient (Wildman–Crippen LogP) is 1.73. The topological polar surface area (TPSA) is 74.7 Å². The summed E-state index contributed by atoms with van der Waals surface area (Å²) < 4.78 is 26.3. The molecule has 0 spiro atoms. The Labute approximate surface area is 119 Å². The zero-order valence-corrected chi connectivity index (χ0v) is 12.3. The number of hydrogen-bond donors (Lipinski definition) is 1. The van der Waals surface area contributed by atoms with Crippen LogP contribution in [0.2, 0.25) is 0 Å². The van der Waals surface area contributed by atoms with Gasteiger partial charge in [-0.1, -0.05) is 19.1 Å². The van der Waals surface area contributed by atoms with Gasteiger partial charge in [0.15, 0.2) is 0 Å².